The van der Waals surface area contributed by atoms with Crippen molar-refractivity contribution in [2.24, 2.45) is 59.2 Å². The summed E-state index contributed by atoms with van der Waals surface area (Å²) in [5, 5.41) is 25.2. The van der Waals surface area contributed by atoms with Crippen molar-refractivity contribution in [3.63, 3.8) is 0 Å². The Kier molecular flexibility index (Phi) is 20.9. The maximum Gasteiger partial charge on any atom is 0.199 e. The quantitative estimate of drug-likeness (QED) is 0.135. The van der Waals surface area contributed by atoms with Gasteiger partial charge in [0.2, 0.25) is 0 Å². The zero-order valence-corrected chi connectivity index (χ0v) is 80.9. The van der Waals surface area contributed by atoms with Crippen LogP contribution in [0.15, 0.2) is 227 Å². The van der Waals surface area contributed by atoms with Crippen LogP contribution >= 0.6 is 0 Å². The third kappa shape index (κ3) is 14.9. The minimum Gasteiger partial charge on any atom is -0.453 e. The fourth-order valence-electron chi connectivity index (χ4n) is 25.2. The van der Waals surface area contributed by atoms with Gasteiger partial charge in [-0.1, -0.05) is 106 Å². The van der Waals surface area contributed by atoms with E-state index in [1.807, 2.05) is 18.2 Å². The van der Waals surface area contributed by atoms with Crippen molar-refractivity contribution in [3.05, 3.63) is 234 Å². The highest BCUT2D eigenvalue weighted by Gasteiger charge is 2.32. The van der Waals surface area contributed by atoms with Crippen molar-refractivity contribution < 1.29 is 26.5 Å². The zero-order chi connectivity index (χ0) is 93.5. The third-order valence-corrected chi connectivity index (χ3v) is 33.0. The summed E-state index contributed by atoms with van der Waals surface area (Å²) in [6.07, 6.45) is 12.5. The molecule has 4 atom stereocenters. The van der Waals surface area contributed by atoms with E-state index < -0.39 is 0 Å². The maximum absolute atomic E-state index is 8.15. The van der Waals surface area contributed by atoms with E-state index in [1.54, 1.807) is 0 Å². The molecule has 0 saturated carbocycles. The summed E-state index contributed by atoms with van der Waals surface area (Å²) >= 11 is 0. The largest absolute Gasteiger partial charge is 0.453 e. The summed E-state index contributed by atoms with van der Waals surface area (Å²) in [5.74, 6) is 7.51. The van der Waals surface area contributed by atoms with Gasteiger partial charge in [0.15, 0.2) is 50.6 Å². The standard InChI is InChI=1S/C43H43N3O2.C41H39N3O2.C39H35N3O2/c1-25(2)27-10-14-45(15-11-27)33-8-6-29-20-35-36-24-38(44-5)41-37-21-30-7-9-34(46-16-12-28(13-17-46)26(3)4)19-32(30)23-40(37)48-43(41)42(36)47-39(35)22-31(29)18-33;1-23-10-24(2)20-43(19-23)31-8-6-27-14-33-34-18-36(42-5)39-35-15-28-7-9-32(44-21-25(3)11-26(4)22-44)13-30(28)17-38(35)46-41(39)40(34)45-37(33)16-29(27)12-31;1-23-8-12-41(13-9-23)29-6-4-25-18-31-32-22-34(40-3)37-33-19-26-5-7-30(42-14-10-24(2)11-15-42)17-28(26)21-36(33)44-39(37)38(32)43-35(31)20-27(25)16-29/h6-9,18-28H,10-17H2,1-4H3;6-9,12-18,23-26H,10-11,19-22H2,1-4H3;4-7,16-24H,8-15H2,1-2H3. The second kappa shape index (κ2) is 33.7. The molecule has 15 nitrogen and oxygen atoms in total. The van der Waals surface area contributed by atoms with Crippen LogP contribution in [0.25, 0.3) is 211 Å². The van der Waals surface area contributed by atoms with Gasteiger partial charge in [-0.2, -0.15) is 0 Å². The highest BCUT2D eigenvalue weighted by molar-refractivity contribution is 6.29. The van der Waals surface area contributed by atoms with Crippen LogP contribution in [0.5, 0.6) is 0 Å². The van der Waals surface area contributed by atoms with E-state index in [-0.39, 0.29) is 0 Å². The molecule has 15 heteroatoms. The van der Waals surface area contributed by atoms with Crippen molar-refractivity contribution in [2.45, 2.75) is 133 Å². The van der Waals surface area contributed by atoms with Crippen LogP contribution in [0.1, 0.15) is 133 Å². The van der Waals surface area contributed by atoms with Gasteiger partial charge in [0.25, 0.3) is 0 Å². The Hall–Kier alpha value is -14.1. The number of fused-ring (bicyclic) bond motifs is 27. The van der Waals surface area contributed by atoms with Crippen molar-refractivity contribution in [1.29, 1.82) is 0 Å². The summed E-state index contributed by atoms with van der Waals surface area (Å²) in [7, 11) is 0. The third-order valence-electron chi connectivity index (χ3n) is 33.0. The second-order valence-electron chi connectivity index (χ2n) is 43.3. The lowest BCUT2D eigenvalue weighted by Gasteiger charge is -2.36. The molecule has 27 rings (SSSR count). The van der Waals surface area contributed by atoms with Crippen molar-refractivity contribution >= 4 is 247 Å². The molecule has 6 saturated heterocycles. The van der Waals surface area contributed by atoms with Gasteiger partial charge in [-0.05, 0) is 352 Å². The fourth-order valence-corrected chi connectivity index (χ4v) is 25.2. The molecular formula is C123H117N9O6. The molecule has 0 amide bonds. The predicted molar refractivity (Wildman–Crippen MR) is 578 cm³/mol. The Bertz CT molecular complexity index is 8680. The average molecular weight is 1820 g/mol. The van der Waals surface area contributed by atoms with Gasteiger partial charge in [0, 0.05) is 177 Å². The van der Waals surface area contributed by atoms with Gasteiger partial charge in [-0.25, -0.2) is 14.5 Å². The Balaban J connectivity index is 0.000000110. The van der Waals surface area contributed by atoms with Gasteiger partial charge in [-0.15, -0.1) is 0 Å². The second-order valence-corrected chi connectivity index (χ2v) is 43.3. The molecule has 6 aliphatic heterocycles. The van der Waals surface area contributed by atoms with E-state index >= 15 is 0 Å². The molecule has 6 fully saturated rings. The molecule has 138 heavy (non-hydrogen) atoms. The van der Waals surface area contributed by atoms with Gasteiger partial charge < -0.3 is 55.9 Å². The van der Waals surface area contributed by atoms with E-state index in [1.165, 1.54) is 131 Å². The maximum atomic E-state index is 8.15. The van der Waals surface area contributed by atoms with E-state index in [2.05, 4.69) is 295 Å². The number of furan rings is 6. The highest BCUT2D eigenvalue weighted by Crippen LogP contribution is 2.52. The molecule has 4 unspecified atom stereocenters. The van der Waals surface area contributed by atoms with Crippen LogP contribution in [0.2, 0.25) is 0 Å². The van der Waals surface area contributed by atoms with Crippen molar-refractivity contribution in [3.8, 4) is 0 Å². The summed E-state index contributed by atoms with van der Waals surface area (Å²) in [6, 6.07) is 72.7. The molecule has 12 heterocycles. The van der Waals surface area contributed by atoms with E-state index in [4.69, 9.17) is 46.2 Å². The molecule has 15 aromatic carbocycles. The lowest BCUT2D eigenvalue weighted by molar-refractivity contribution is 0.311. The summed E-state index contributed by atoms with van der Waals surface area (Å²) in [6.45, 7) is 61.1. The minimum atomic E-state index is 0.597. The molecule has 0 spiro atoms. The van der Waals surface area contributed by atoms with E-state index in [0.717, 1.165) is 244 Å². The molecule has 0 N–H and O–H groups in total. The zero-order valence-electron chi connectivity index (χ0n) is 80.9. The smallest absolute Gasteiger partial charge is 0.199 e. The lowest BCUT2D eigenvalue weighted by Crippen LogP contribution is -2.38. The first-order chi connectivity index (χ1) is 67.2. The number of rotatable bonds is 8. The van der Waals surface area contributed by atoms with Crippen molar-refractivity contribution in [2.75, 3.05) is 108 Å². The minimum absolute atomic E-state index is 0.597. The molecule has 6 aromatic heterocycles. The number of hydrogen-bond donors (Lipinski definition) is 0. The van der Waals surface area contributed by atoms with Crippen LogP contribution in [-0.4, -0.2) is 78.5 Å². The highest BCUT2D eigenvalue weighted by atomic mass is 16.4. The number of nitrogens with zero attached hydrogens (tertiary/aromatic N) is 9. The first-order valence-corrected chi connectivity index (χ1v) is 51.0. The molecule has 0 aliphatic carbocycles. The Morgan fingerprint density at radius 2 is 0.449 bits per heavy atom. The van der Waals surface area contributed by atoms with Crippen LogP contribution in [-0.2, 0) is 0 Å². The average Bonchev–Trinajstić information content (AvgIpc) is 1.57. The molecular weight excluding hydrogens is 1700 g/mol. The Morgan fingerprint density at radius 3 is 0.688 bits per heavy atom. The molecule has 0 radical (unpaired) electrons. The Labute approximate surface area is 803 Å². The van der Waals surface area contributed by atoms with Gasteiger partial charge in [-0.3, -0.25) is 0 Å². The number of benzene rings is 15. The predicted octanol–water partition coefficient (Wildman–Crippen LogP) is 34.2. The van der Waals surface area contributed by atoms with Gasteiger partial charge >= 0.3 is 0 Å². The van der Waals surface area contributed by atoms with Gasteiger partial charge in [0.05, 0.1) is 19.7 Å². The summed E-state index contributed by atoms with van der Waals surface area (Å²) in [4.78, 5) is 27.1. The number of hydrogen-bond acceptors (Lipinski definition) is 12. The summed E-state index contributed by atoms with van der Waals surface area (Å²) < 4.78 is 39.7. The lowest BCUT2D eigenvalue weighted by atomic mass is 9.86. The Morgan fingerprint density at radius 1 is 0.232 bits per heavy atom. The first-order valence-electron chi connectivity index (χ1n) is 51.0. The van der Waals surface area contributed by atoms with Gasteiger partial charge in [0.1, 0.15) is 33.5 Å². The fraction of sp³-hybridized carbons (Fsp3) is 0.341. The summed E-state index contributed by atoms with van der Waals surface area (Å²) in [5.41, 5.74) is 18.4. The van der Waals surface area contributed by atoms with Crippen LogP contribution in [0.4, 0.5) is 51.2 Å². The first kappa shape index (κ1) is 85.6. The molecule has 21 aromatic rings. The van der Waals surface area contributed by atoms with Crippen LogP contribution in [0, 0.1) is 78.9 Å². The van der Waals surface area contributed by atoms with E-state index in [9.17, 15) is 0 Å². The SMILES string of the molecule is [C-]#[N+]c1cc2c3cc4ccc(N5CC(C)CC(C)C5)cc4cc3oc2c2oc3cc4cc(N5CC(C)CC(C)C5)ccc4cc3c12.[C-]#[N+]c1cc2c3cc4ccc(N5CCC(C(C)C)CC5)cc4cc3oc2c2oc3cc4cc(N5CCC(C(C)C)CC5)ccc4cc3c12.[C-]#[N+]c1cc2c3cc4ccc(N5CCC(C)CC5)cc4cc3oc2c2oc3cc4cc(N5CCC(C)CC5)ccc4cc3c12. The monoisotopic (exact) mass is 1820 g/mol. The molecule has 6 aliphatic rings. The molecule has 0 bridgehead atoms. The topological polar surface area (TPSA) is 111 Å². The van der Waals surface area contributed by atoms with Crippen molar-refractivity contribution in [1.82, 2.24) is 0 Å². The molecule has 690 valence electrons. The van der Waals surface area contributed by atoms with Crippen LogP contribution < -0.4 is 29.4 Å². The normalized spacial score (nSPS) is 18.9. The van der Waals surface area contributed by atoms with Crippen LogP contribution in [0.3, 0.4) is 0 Å². The number of anilines is 6. The van der Waals surface area contributed by atoms with E-state index in [0.29, 0.717) is 74.2 Å². The number of piperidine rings is 6.